The summed E-state index contributed by atoms with van der Waals surface area (Å²) < 4.78 is 5.28. The highest BCUT2D eigenvalue weighted by Crippen LogP contribution is 2.33. The van der Waals surface area contributed by atoms with Gasteiger partial charge in [-0.2, -0.15) is 0 Å². The normalized spacial score (nSPS) is 29.0. The van der Waals surface area contributed by atoms with Gasteiger partial charge in [0.2, 0.25) is 0 Å². The molecule has 1 saturated carbocycles. The van der Waals surface area contributed by atoms with E-state index in [1.54, 1.807) is 0 Å². The first kappa shape index (κ1) is 13.0. The zero-order valence-electron chi connectivity index (χ0n) is 10.2. The molecular weight excluding hydrogens is 188 g/mol. The molecule has 1 aliphatic carbocycles. The van der Waals surface area contributed by atoms with Crippen molar-refractivity contribution in [3.05, 3.63) is 0 Å². The fourth-order valence-corrected chi connectivity index (χ4v) is 2.57. The van der Waals surface area contributed by atoms with Crippen molar-refractivity contribution in [2.75, 3.05) is 13.2 Å². The van der Waals surface area contributed by atoms with Gasteiger partial charge in [0.15, 0.2) is 0 Å². The highest BCUT2D eigenvalue weighted by Gasteiger charge is 2.25. The lowest BCUT2D eigenvalue weighted by atomic mass is 9.78. The summed E-state index contributed by atoms with van der Waals surface area (Å²) in [6, 6.07) is 0. The van der Waals surface area contributed by atoms with Gasteiger partial charge in [0, 0.05) is 13.2 Å². The van der Waals surface area contributed by atoms with E-state index in [0.717, 1.165) is 18.9 Å². The number of hydrogen-bond acceptors (Lipinski definition) is 2. The molecule has 0 radical (unpaired) electrons. The molecule has 0 amide bonds. The van der Waals surface area contributed by atoms with Crippen molar-refractivity contribution in [2.24, 2.45) is 11.8 Å². The van der Waals surface area contributed by atoms with Crippen LogP contribution in [0.4, 0.5) is 0 Å². The van der Waals surface area contributed by atoms with Gasteiger partial charge in [0.1, 0.15) is 0 Å². The van der Waals surface area contributed by atoms with Crippen LogP contribution in [0, 0.1) is 11.8 Å². The Labute approximate surface area is 94.0 Å². The van der Waals surface area contributed by atoms with Crippen molar-refractivity contribution in [2.45, 2.75) is 58.5 Å². The first-order chi connectivity index (χ1) is 7.27. The van der Waals surface area contributed by atoms with Gasteiger partial charge in [-0.1, -0.05) is 26.2 Å². The van der Waals surface area contributed by atoms with Gasteiger partial charge in [-0.25, -0.2) is 0 Å². The molecule has 2 heteroatoms. The quantitative estimate of drug-likeness (QED) is 0.689. The average molecular weight is 214 g/mol. The Hall–Kier alpha value is -0.0800. The monoisotopic (exact) mass is 214 g/mol. The molecule has 1 atom stereocenters. The molecule has 1 N–H and O–H groups in total. The minimum absolute atomic E-state index is 0.130. The van der Waals surface area contributed by atoms with E-state index in [4.69, 9.17) is 4.74 Å². The summed E-state index contributed by atoms with van der Waals surface area (Å²) >= 11 is 0. The topological polar surface area (TPSA) is 29.5 Å². The SMILES string of the molecule is CCOCCC(O)C1CCC(CC)CC1. The van der Waals surface area contributed by atoms with Crippen molar-refractivity contribution < 1.29 is 9.84 Å². The third-order valence-electron chi connectivity index (χ3n) is 3.77. The second-order valence-electron chi connectivity index (χ2n) is 4.74. The Morgan fingerprint density at radius 2 is 1.87 bits per heavy atom. The lowest BCUT2D eigenvalue weighted by molar-refractivity contribution is 0.0354. The van der Waals surface area contributed by atoms with Gasteiger partial charge in [0.25, 0.3) is 0 Å². The molecule has 90 valence electrons. The molecular formula is C13H26O2. The first-order valence-electron chi connectivity index (χ1n) is 6.53. The molecule has 1 aliphatic rings. The van der Waals surface area contributed by atoms with Crippen LogP contribution in [-0.4, -0.2) is 24.4 Å². The van der Waals surface area contributed by atoms with E-state index in [2.05, 4.69) is 6.92 Å². The fraction of sp³-hybridized carbons (Fsp3) is 1.00. The molecule has 0 spiro atoms. The van der Waals surface area contributed by atoms with Crippen LogP contribution >= 0.6 is 0 Å². The Morgan fingerprint density at radius 1 is 1.20 bits per heavy atom. The molecule has 0 aromatic carbocycles. The third kappa shape index (κ3) is 4.52. The van der Waals surface area contributed by atoms with E-state index in [9.17, 15) is 5.11 Å². The second-order valence-corrected chi connectivity index (χ2v) is 4.74. The van der Waals surface area contributed by atoms with E-state index in [-0.39, 0.29) is 6.10 Å². The van der Waals surface area contributed by atoms with Crippen molar-refractivity contribution >= 4 is 0 Å². The second kappa shape index (κ2) is 7.24. The summed E-state index contributed by atoms with van der Waals surface area (Å²) in [7, 11) is 0. The van der Waals surface area contributed by atoms with Gasteiger partial charge >= 0.3 is 0 Å². The molecule has 15 heavy (non-hydrogen) atoms. The molecule has 0 bridgehead atoms. The van der Waals surface area contributed by atoms with Crippen molar-refractivity contribution in [1.82, 2.24) is 0 Å². The summed E-state index contributed by atoms with van der Waals surface area (Å²) in [6.07, 6.45) is 7.04. The van der Waals surface area contributed by atoms with E-state index < -0.39 is 0 Å². The van der Waals surface area contributed by atoms with Crippen LogP contribution < -0.4 is 0 Å². The van der Waals surface area contributed by atoms with Gasteiger partial charge in [-0.15, -0.1) is 0 Å². The average Bonchev–Trinajstić information content (AvgIpc) is 2.29. The lowest BCUT2D eigenvalue weighted by Gasteiger charge is -2.31. The van der Waals surface area contributed by atoms with Gasteiger partial charge in [-0.3, -0.25) is 0 Å². The molecule has 0 saturated heterocycles. The molecule has 1 fully saturated rings. The predicted molar refractivity (Wildman–Crippen MR) is 62.9 cm³/mol. The summed E-state index contributed by atoms with van der Waals surface area (Å²) in [4.78, 5) is 0. The smallest absolute Gasteiger partial charge is 0.0590 e. The maximum absolute atomic E-state index is 9.98. The van der Waals surface area contributed by atoms with Crippen molar-refractivity contribution in [3.63, 3.8) is 0 Å². The van der Waals surface area contributed by atoms with Crippen LogP contribution in [-0.2, 0) is 4.74 Å². The number of aliphatic hydroxyl groups is 1. The summed E-state index contributed by atoms with van der Waals surface area (Å²) in [5.41, 5.74) is 0. The highest BCUT2D eigenvalue weighted by molar-refractivity contribution is 4.76. The fourth-order valence-electron chi connectivity index (χ4n) is 2.57. The summed E-state index contributed by atoms with van der Waals surface area (Å²) in [5.74, 6) is 1.45. The van der Waals surface area contributed by atoms with E-state index in [1.165, 1.54) is 32.1 Å². The molecule has 2 nitrogen and oxygen atoms in total. The van der Waals surface area contributed by atoms with Crippen LogP contribution in [0.2, 0.25) is 0 Å². The minimum atomic E-state index is -0.130. The van der Waals surface area contributed by atoms with Gasteiger partial charge < -0.3 is 9.84 Å². The van der Waals surface area contributed by atoms with Crippen LogP contribution in [0.25, 0.3) is 0 Å². The molecule has 0 aromatic heterocycles. The molecule has 1 unspecified atom stereocenters. The predicted octanol–water partition coefficient (Wildman–Crippen LogP) is 2.99. The zero-order valence-corrected chi connectivity index (χ0v) is 10.2. The van der Waals surface area contributed by atoms with Crippen LogP contribution in [0.3, 0.4) is 0 Å². The summed E-state index contributed by atoms with van der Waals surface area (Å²) in [5, 5.41) is 9.98. The number of ether oxygens (including phenoxy) is 1. The molecule has 0 aromatic rings. The minimum Gasteiger partial charge on any atom is -0.393 e. The molecule has 1 rings (SSSR count). The van der Waals surface area contributed by atoms with E-state index >= 15 is 0 Å². The van der Waals surface area contributed by atoms with Crippen LogP contribution in [0.1, 0.15) is 52.4 Å². The Balaban J connectivity index is 2.15. The van der Waals surface area contributed by atoms with Crippen molar-refractivity contribution in [3.8, 4) is 0 Å². The van der Waals surface area contributed by atoms with Crippen LogP contribution in [0.5, 0.6) is 0 Å². The lowest BCUT2D eigenvalue weighted by Crippen LogP contribution is -2.26. The maximum Gasteiger partial charge on any atom is 0.0590 e. The Morgan fingerprint density at radius 3 is 2.40 bits per heavy atom. The van der Waals surface area contributed by atoms with E-state index in [1.807, 2.05) is 6.92 Å². The molecule has 0 aliphatic heterocycles. The summed E-state index contributed by atoms with van der Waals surface area (Å²) in [6.45, 7) is 5.75. The number of hydrogen-bond donors (Lipinski definition) is 1. The van der Waals surface area contributed by atoms with Gasteiger partial charge in [-0.05, 0) is 38.0 Å². The number of aliphatic hydroxyl groups excluding tert-OH is 1. The standard InChI is InChI=1S/C13H26O2/c1-3-11-5-7-12(8-6-11)13(14)9-10-15-4-2/h11-14H,3-10H2,1-2H3. The Bertz CT molecular complexity index is 151. The third-order valence-corrected chi connectivity index (χ3v) is 3.77. The van der Waals surface area contributed by atoms with Gasteiger partial charge in [0.05, 0.1) is 6.10 Å². The first-order valence-corrected chi connectivity index (χ1v) is 6.53. The largest absolute Gasteiger partial charge is 0.393 e. The Kier molecular flexibility index (Phi) is 6.26. The maximum atomic E-state index is 9.98. The van der Waals surface area contributed by atoms with E-state index in [0.29, 0.717) is 12.5 Å². The van der Waals surface area contributed by atoms with Crippen LogP contribution in [0.15, 0.2) is 0 Å². The number of rotatable bonds is 6. The zero-order chi connectivity index (χ0) is 11.1. The molecule has 0 heterocycles. The van der Waals surface area contributed by atoms with Crippen molar-refractivity contribution in [1.29, 1.82) is 0 Å². The highest BCUT2D eigenvalue weighted by atomic mass is 16.5.